The molecule has 3 rings (SSSR count). The van der Waals surface area contributed by atoms with E-state index in [2.05, 4.69) is 10.6 Å². The minimum absolute atomic E-state index is 0.154. The van der Waals surface area contributed by atoms with Gasteiger partial charge in [-0.2, -0.15) is 0 Å². The topological polar surface area (TPSA) is 59.6 Å². The molecule has 0 aromatic heterocycles. The zero-order chi connectivity index (χ0) is 22.9. The van der Waals surface area contributed by atoms with Gasteiger partial charge in [-0.15, -0.1) is 0 Å². The van der Waals surface area contributed by atoms with E-state index in [0.717, 1.165) is 29.1 Å². The van der Waals surface area contributed by atoms with Crippen LogP contribution in [0.2, 0.25) is 10.0 Å². The molecule has 0 unspecified atom stereocenters. The van der Waals surface area contributed by atoms with Crippen LogP contribution in [0.3, 0.4) is 0 Å². The number of halogens is 2. The molecule has 0 aliphatic heterocycles. The number of carbonyl (C=O) groups excluding carboxylic acids is 1. The zero-order valence-electron chi connectivity index (χ0n) is 18.1. The van der Waals surface area contributed by atoms with Crippen molar-refractivity contribution in [1.29, 1.82) is 0 Å². The van der Waals surface area contributed by atoms with Gasteiger partial charge in [-0.25, -0.2) is 0 Å². The first kappa shape index (κ1) is 23.9. The molecule has 5 nitrogen and oxygen atoms in total. The third-order valence-corrected chi connectivity index (χ3v) is 5.45. The van der Waals surface area contributed by atoms with E-state index in [1.165, 1.54) is 5.56 Å². The fourth-order valence-electron chi connectivity index (χ4n) is 3.07. The molecule has 0 aliphatic carbocycles. The second-order valence-electron chi connectivity index (χ2n) is 7.35. The van der Waals surface area contributed by atoms with Crippen molar-refractivity contribution in [2.75, 3.05) is 25.6 Å². The smallest absolute Gasteiger partial charge is 0.262 e. The number of benzene rings is 3. The number of rotatable bonds is 10. The first-order chi connectivity index (χ1) is 15.4. The van der Waals surface area contributed by atoms with E-state index in [-0.39, 0.29) is 12.5 Å². The Morgan fingerprint density at radius 3 is 2.38 bits per heavy atom. The third kappa shape index (κ3) is 7.16. The van der Waals surface area contributed by atoms with Crippen molar-refractivity contribution in [1.82, 2.24) is 5.32 Å². The molecule has 0 radical (unpaired) electrons. The number of hydrogen-bond acceptors (Lipinski definition) is 4. The van der Waals surface area contributed by atoms with E-state index >= 15 is 0 Å². The lowest BCUT2D eigenvalue weighted by Gasteiger charge is -2.14. The highest BCUT2D eigenvalue weighted by molar-refractivity contribution is 6.31. The van der Waals surface area contributed by atoms with Gasteiger partial charge in [-0.3, -0.25) is 4.79 Å². The first-order valence-corrected chi connectivity index (χ1v) is 11.0. The number of aryl methyl sites for hydroxylation is 1. The maximum Gasteiger partial charge on any atom is 0.262 e. The van der Waals surface area contributed by atoms with Gasteiger partial charge >= 0.3 is 0 Å². The number of methoxy groups -OCH3 is 1. The van der Waals surface area contributed by atoms with Gasteiger partial charge in [0, 0.05) is 28.3 Å². The second-order valence-corrected chi connectivity index (χ2v) is 8.19. The summed E-state index contributed by atoms with van der Waals surface area (Å²) in [5, 5.41) is 7.45. The molecule has 0 bridgehead atoms. The monoisotopic (exact) mass is 472 g/mol. The Balaban J connectivity index is 1.52. The summed E-state index contributed by atoms with van der Waals surface area (Å²) in [5.41, 5.74) is 3.93. The van der Waals surface area contributed by atoms with Crippen molar-refractivity contribution in [2.24, 2.45) is 0 Å². The Kier molecular flexibility index (Phi) is 8.80. The fraction of sp³-hybridized carbons (Fsp3) is 0.240. The molecule has 32 heavy (non-hydrogen) atoms. The molecule has 0 aliphatic rings. The highest BCUT2D eigenvalue weighted by Crippen LogP contribution is 2.33. The van der Waals surface area contributed by atoms with Crippen LogP contribution in [-0.4, -0.2) is 26.2 Å². The summed E-state index contributed by atoms with van der Waals surface area (Å²) in [6.45, 7) is 3.21. The highest BCUT2D eigenvalue weighted by atomic mass is 35.5. The molecule has 0 saturated carbocycles. The molecule has 3 aromatic carbocycles. The van der Waals surface area contributed by atoms with E-state index < -0.39 is 0 Å². The van der Waals surface area contributed by atoms with Gasteiger partial charge in [0.25, 0.3) is 5.91 Å². The van der Waals surface area contributed by atoms with Gasteiger partial charge in [0.05, 0.1) is 7.11 Å². The van der Waals surface area contributed by atoms with Gasteiger partial charge in [0.1, 0.15) is 0 Å². The standard InChI is InChI=1S/C25H26Cl2N2O3/c1-17-3-9-21(10-4-17)29-25(30)16-32-24-14-22(27)19(13-23(24)31-2)15-28-12-11-18-5-7-20(26)8-6-18/h3-10,13-14,28H,11-12,15-16H2,1-2H3,(H,29,30). The Morgan fingerprint density at radius 2 is 1.69 bits per heavy atom. The van der Waals surface area contributed by atoms with Crippen LogP contribution in [-0.2, 0) is 17.8 Å². The lowest BCUT2D eigenvalue weighted by atomic mass is 10.1. The lowest BCUT2D eigenvalue weighted by Crippen LogP contribution is -2.20. The molecular weight excluding hydrogens is 447 g/mol. The minimum Gasteiger partial charge on any atom is -0.493 e. The number of carbonyl (C=O) groups is 1. The average molecular weight is 473 g/mol. The lowest BCUT2D eigenvalue weighted by molar-refractivity contribution is -0.118. The second kappa shape index (κ2) is 11.8. The van der Waals surface area contributed by atoms with Gasteiger partial charge in [-0.05, 0) is 61.3 Å². The van der Waals surface area contributed by atoms with Crippen LogP contribution in [0.25, 0.3) is 0 Å². The predicted molar refractivity (Wildman–Crippen MR) is 130 cm³/mol. The fourth-order valence-corrected chi connectivity index (χ4v) is 3.42. The average Bonchev–Trinajstić information content (AvgIpc) is 2.79. The van der Waals surface area contributed by atoms with E-state index in [0.29, 0.717) is 28.8 Å². The summed E-state index contributed by atoms with van der Waals surface area (Å²) in [4.78, 5) is 12.2. The molecule has 3 aromatic rings. The molecular formula is C25H26Cl2N2O3. The van der Waals surface area contributed by atoms with E-state index in [9.17, 15) is 4.79 Å². The van der Waals surface area contributed by atoms with Crippen LogP contribution in [0.1, 0.15) is 16.7 Å². The molecule has 168 valence electrons. The van der Waals surface area contributed by atoms with Crippen LogP contribution < -0.4 is 20.1 Å². The molecule has 0 fully saturated rings. The van der Waals surface area contributed by atoms with Gasteiger partial charge in [-0.1, -0.05) is 53.0 Å². The SMILES string of the molecule is COc1cc(CNCCc2ccc(Cl)cc2)c(Cl)cc1OCC(=O)Nc1ccc(C)cc1. The van der Waals surface area contributed by atoms with Crippen LogP contribution in [0.4, 0.5) is 5.69 Å². The van der Waals surface area contributed by atoms with Crippen molar-refractivity contribution in [3.63, 3.8) is 0 Å². The predicted octanol–water partition coefficient (Wildman–Crippen LogP) is 5.66. The van der Waals surface area contributed by atoms with Crippen molar-refractivity contribution < 1.29 is 14.3 Å². The molecule has 1 amide bonds. The van der Waals surface area contributed by atoms with Crippen molar-refractivity contribution >= 4 is 34.8 Å². The number of anilines is 1. The number of amides is 1. The maximum atomic E-state index is 12.2. The highest BCUT2D eigenvalue weighted by Gasteiger charge is 2.12. The molecule has 0 heterocycles. The molecule has 2 N–H and O–H groups in total. The number of hydrogen-bond donors (Lipinski definition) is 2. The first-order valence-electron chi connectivity index (χ1n) is 10.3. The van der Waals surface area contributed by atoms with Crippen LogP contribution in [0, 0.1) is 6.92 Å². The van der Waals surface area contributed by atoms with E-state index in [4.69, 9.17) is 32.7 Å². The van der Waals surface area contributed by atoms with Crippen molar-refractivity contribution in [3.05, 3.63) is 87.4 Å². The van der Waals surface area contributed by atoms with E-state index in [1.807, 2.05) is 61.5 Å². The number of nitrogens with one attached hydrogen (secondary N) is 2. The number of ether oxygens (including phenoxy) is 2. The Bertz CT molecular complexity index is 1040. The van der Waals surface area contributed by atoms with Crippen molar-refractivity contribution in [2.45, 2.75) is 19.9 Å². The van der Waals surface area contributed by atoms with Crippen LogP contribution in [0.15, 0.2) is 60.7 Å². The Hall–Kier alpha value is -2.73. The molecule has 0 spiro atoms. The van der Waals surface area contributed by atoms with Gasteiger partial charge in [0.2, 0.25) is 0 Å². The summed E-state index contributed by atoms with van der Waals surface area (Å²) < 4.78 is 11.1. The summed E-state index contributed by atoms with van der Waals surface area (Å²) in [6.07, 6.45) is 0.878. The quantitative estimate of drug-likeness (QED) is 0.373. The Labute approximate surface area is 198 Å². The largest absolute Gasteiger partial charge is 0.493 e. The zero-order valence-corrected chi connectivity index (χ0v) is 19.6. The molecule has 0 saturated heterocycles. The summed E-state index contributed by atoms with van der Waals surface area (Å²) in [5.74, 6) is 0.675. The van der Waals surface area contributed by atoms with E-state index in [1.54, 1.807) is 13.2 Å². The third-order valence-electron chi connectivity index (χ3n) is 4.85. The van der Waals surface area contributed by atoms with Crippen LogP contribution >= 0.6 is 23.2 Å². The van der Waals surface area contributed by atoms with Gasteiger partial charge in [0.15, 0.2) is 18.1 Å². The summed E-state index contributed by atoms with van der Waals surface area (Å²) >= 11 is 12.4. The van der Waals surface area contributed by atoms with Crippen molar-refractivity contribution in [3.8, 4) is 11.5 Å². The minimum atomic E-state index is -0.264. The summed E-state index contributed by atoms with van der Waals surface area (Å²) in [7, 11) is 1.56. The Morgan fingerprint density at radius 1 is 0.969 bits per heavy atom. The van der Waals surface area contributed by atoms with Crippen LogP contribution in [0.5, 0.6) is 11.5 Å². The maximum absolute atomic E-state index is 12.2. The van der Waals surface area contributed by atoms with Gasteiger partial charge < -0.3 is 20.1 Å². The summed E-state index contributed by atoms with van der Waals surface area (Å²) in [6, 6.07) is 18.9. The molecule has 0 atom stereocenters. The molecule has 7 heteroatoms. The normalized spacial score (nSPS) is 10.6.